The van der Waals surface area contributed by atoms with Crippen LogP contribution >= 0.6 is 0 Å². The first-order valence-corrected chi connectivity index (χ1v) is 17.9. The lowest BCUT2D eigenvalue weighted by Crippen LogP contribution is -1.94. The number of hydrogen-bond donors (Lipinski definition) is 0. The highest BCUT2D eigenvalue weighted by atomic mass is 15.0. The zero-order chi connectivity index (χ0) is 34.2. The summed E-state index contributed by atoms with van der Waals surface area (Å²) in [6, 6.07) is 70.9. The van der Waals surface area contributed by atoms with Gasteiger partial charge < -0.3 is 9.13 Å². The highest BCUT2D eigenvalue weighted by molar-refractivity contribution is 6.32. The highest BCUT2D eigenvalue weighted by Gasteiger charge is 2.20. The van der Waals surface area contributed by atoms with Crippen LogP contribution in [0.15, 0.2) is 194 Å². The van der Waals surface area contributed by atoms with E-state index in [2.05, 4.69) is 203 Å². The molecule has 0 fully saturated rings. The van der Waals surface area contributed by atoms with Gasteiger partial charge in [0.2, 0.25) is 0 Å². The average molecular weight is 661 g/mol. The van der Waals surface area contributed by atoms with Crippen molar-refractivity contribution in [1.82, 2.24) is 9.13 Å². The van der Waals surface area contributed by atoms with Crippen molar-refractivity contribution in [3.63, 3.8) is 0 Å². The Morgan fingerprint density at radius 2 is 0.750 bits per heavy atom. The molecule has 0 atom stereocenters. The molecule has 11 aromatic rings. The van der Waals surface area contributed by atoms with E-state index in [1.807, 2.05) is 0 Å². The van der Waals surface area contributed by atoms with Crippen LogP contribution in [0.3, 0.4) is 0 Å². The molecule has 2 nitrogen and oxygen atoms in total. The molecule has 0 aliphatic carbocycles. The van der Waals surface area contributed by atoms with Gasteiger partial charge in [0.1, 0.15) is 0 Å². The zero-order valence-corrected chi connectivity index (χ0v) is 28.4. The Hall–Kier alpha value is -6.90. The fourth-order valence-corrected chi connectivity index (χ4v) is 8.59. The van der Waals surface area contributed by atoms with E-state index in [0.717, 1.165) is 5.69 Å². The first kappa shape index (κ1) is 28.9. The van der Waals surface area contributed by atoms with E-state index in [0.29, 0.717) is 0 Å². The van der Waals surface area contributed by atoms with E-state index in [4.69, 9.17) is 0 Å². The Kier molecular flexibility index (Phi) is 6.28. The van der Waals surface area contributed by atoms with Gasteiger partial charge in [-0.2, -0.15) is 0 Å². The molecule has 0 unspecified atom stereocenters. The van der Waals surface area contributed by atoms with Gasteiger partial charge in [-0.1, -0.05) is 140 Å². The van der Waals surface area contributed by atoms with Crippen LogP contribution in [0.2, 0.25) is 0 Å². The quantitative estimate of drug-likeness (QED) is 0.166. The van der Waals surface area contributed by atoms with Gasteiger partial charge in [0.25, 0.3) is 0 Å². The van der Waals surface area contributed by atoms with Gasteiger partial charge in [-0.25, -0.2) is 0 Å². The molecule has 0 aliphatic rings. The number of fused-ring (bicyclic) bond motifs is 11. The van der Waals surface area contributed by atoms with Crippen LogP contribution in [0, 0.1) is 0 Å². The fourth-order valence-electron chi connectivity index (χ4n) is 8.59. The van der Waals surface area contributed by atoms with Gasteiger partial charge in [-0.3, -0.25) is 0 Å². The Balaban J connectivity index is 1.16. The van der Waals surface area contributed by atoms with Crippen LogP contribution in [0.4, 0.5) is 0 Å². The maximum atomic E-state index is 2.46. The van der Waals surface area contributed by atoms with Gasteiger partial charge in [0.15, 0.2) is 0 Å². The summed E-state index contributed by atoms with van der Waals surface area (Å²) in [5.41, 5.74) is 12.1. The molecule has 242 valence electrons. The molecule has 0 radical (unpaired) electrons. The summed E-state index contributed by atoms with van der Waals surface area (Å²) in [4.78, 5) is 0. The third kappa shape index (κ3) is 4.25. The molecule has 2 heterocycles. The van der Waals surface area contributed by atoms with Crippen molar-refractivity contribution < 1.29 is 0 Å². The molecule has 9 aromatic carbocycles. The Morgan fingerprint density at radius 3 is 1.50 bits per heavy atom. The van der Waals surface area contributed by atoms with Gasteiger partial charge >= 0.3 is 0 Å². The van der Waals surface area contributed by atoms with Crippen molar-refractivity contribution in [2.75, 3.05) is 0 Å². The largest absolute Gasteiger partial charge is 0.309 e. The van der Waals surface area contributed by atoms with Crippen molar-refractivity contribution >= 4 is 65.2 Å². The topological polar surface area (TPSA) is 9.86 Å². The molecule has 0 amide bonds. The molecule has 0 bridgehead atoms. The van der Waals surface area contributed by atoms with Crippen molar-refractivity contribution in [3.8, 4) is 33.6 Å². The SMILES string of the molecule is c1ccc(-c2cccc(-n3c4ccccc4c4cc(-c5ccc6c(c5)c5c7ccccc7c7ccccc7c5n6-c5ccccc5)ccc43)c2)cc1. The molecule has 2 aromatic heterocycles. The summed E-state index contributed by atoms with van der Waals surface area (Å²) >= 11 is 0. The maximum Gasteiger partial charge on any atom is 0.0625 e. The van der Waals surface area contributed by atoms with E-state index >= 15 is 0 Å². The number of para-hydroxylation sites is 2. The highest BCUT2D eigenvalue weighted by Crippen LogP contribution is 2.44. The molecule has 2 heteroatoms. The van der Waals surface area contributed by atoms with E-state index in [1.54, 1.807) is 0 Å². The third-order valence-corrected chi connectivity index (χ3v) is 10.9. The van der Waals surface area contributed by atoms with E-state index in [9.17, 15) is 0 Å². The van der Waals surface area contributed by atoms with Crippen molar-refractivity contribution in [2.45, 2.75) is 0 Å². The van der Waals surface area contributed by atoms with Crippen LogP contribution in [0.25, 0.3) is 98.8 Å². The smallest absolute Gasteiger partial charge is 0.0625 e. The molecule has 11 rings (SSSR count). The maximum absolute atomic E-state index is 2.46. The van der Waals surface area contributed by atoms with Crippen LogP contribution in [0.5, 0.6) is 0 Å². The van der Waals surface area contributed by atoms with Gasteiger partial charge in [0.05, 0.1) is 22.1 Å². The number of rotatable bonds is 4. The van der Waals surface area contributed by atoms with E-state index < -0.39 is 0 Å². The second-order valence-electron chi connectivity index (χ2n) is 13.7. The number of hydrogen-bond acceptors (Lipinski definition) is 0. The molecular formula is C50H32N2. The molecule has 52 heavy (non-hydrogen) atoms. The Bertz CT molecular complexity index is 3160. The molecule has 0 saturated heterocycles. The van der Waals surface area contributed by atoms with Gasteiger partial charge in [0, 0.05) is 38.3 Å². The first-order valence-electron chi connectivity index (χ1n) is 17.9. The first-order chi connectivity index (χ1) is 25.8. The summed E-state index contributed by atoms with van der Waals surface area (Å²) in [5.74, 6) is 0. The molecule has 0 spiro atoms. The lowest BCUT2D eigenvalue weighted by molar-refractivity contribution is 1.18. The summed E-state index contributed by atoms with van der Waals surface area (Å²) in [6.07, 6.45) is 0. The average Bonchev–Trinajstić information content (AvgIpc) is 3.75. The lowest BCUT2D eigenvalue weighted by atomic mass is 9.95. The predicted molar refractivity (Wildman–Crippen MR) is 221 cm³/mol. The third-order valence-electron chi connectivity index (χ3n) is 10.9. The minimum absolute atomic E-state index is 1.16. The molecule has 0 aliphatic heterocycles. The second kappa shape index (κ2) is 11.3. The number of nitrogens with zero attached hydrogens (tertiary/aromatic N) is 2. The van der Waals surface area contributed by atoms with Crippen molar-refractivity contribution in [1.29, 1.82) is 0 Å². The lowest BCUT2D eigenvalue weighted by Gasteiger charge is -2.12. The van der Waals surface area contributed by atoms with Gasteiger partial charge in [-0.05, 0) is 93.0 Å². The number of aromatic nitrogens is 2. The number of benzene rings is 9. The van der Waals surface area contributed by atoms with E-state index in [1.165, 1.54) is 93.1 Å². The molecule has 0 N–H and O–H groups in total. The zero-order valence-electron chi connectivity index (χ0n) is 28.4. The summed E-state index contributed by atoms with van der Waals surface area (Å²) < 4.78 is 4.87. The molecular weight excluding hydrogens is 629 g/mol. The molecule has 0 saturated carbocycles. The van der Waals surface area contributed by atoms with Crippen LogP contribution < -0.4 is 0 Å². The van der Waals surface area contributed by atoms with E-state index in [-0.39, 0.29) is 0 Å². The summed E-state index contributed by atoms with van der Waals surface area (Å²) in [6.45, 7) is 0. The van der Waals surface area contributed by atoms with Crippen LogP contribution in [-0.4, -0.2) is 9.13 Å². The van der Waals surface area contributed by atoms with Crippen molar-refractivity contribution in [2.24, 2.45) is 0 Å². The van der Waals surface area contributed by atoms with Crippen molar-refractivity contribution in [3.05, 3.63) is 194 Å². The summed E-state index contributed by atoms with van der Waals surface area (Å²) in [5, 5.41) is 10.2. The predicted octanol–water partition coefficient (Wildman–Crippen LogP) is 13.5. The van der Waals surface area contributed by atoms with Crippen LogP contribution in [0.1, 0.15) is 0 Å². The standard InChI is InChI=1S/C50H32N2/c1-3-14-33(15-4-1)34-16-13-19-38(30-34)51-46-25-12-11-22-41(46)44-31-35(26-28-47(44)51)36-27-29-48-45(32-36)49-42-23-9-7-20-39(42)40-21-8-10-24-43(40)50(49)52(48)37-17-5-2-6-18-37/h1-32H. The Labute approximate surface area is 301 Å². The minimum atomic E-state index is 1.16. The second-order valence-corrected chi connectivity index (χ2v) is 13.7. The monoisotopic (exact) mass is 660 g/mol. The minimum Gasteiger partial charge on any atom is -0.309 e. The normalized spacial score (nSPS) is 11.8. The van der Waals surface area contributed by atoms with Crippen LogP contribution in [-0.2, 0) is 0 Å². The van der Waals surface area contributed by atoms with Gasteiger partial charge in [-0.15, -0.1) is 0 Å². The fraction of sp³-hybridized carbons (Fsp3) is 0. The summed E-state index contributed by atoms with van der Waals surface area (Å²) in [7, 11) is 0. The Morgan fingerprint density at radius 1 is 0.250 bits per heavy atom.